The second-order valence-electron chi connectivity index (χ2n) is 6.91. The molecule has 0 saturated carbocycles. The van der Waals surface area contributed by atoms with Gasteiger partial charge < -0.3 is 5.73 Å². The molecule has 148 valence electrons. The fourth-order valence-electron chi connectivity index (χ4n) is 3.94. The number of hydrogen-bond donors (Lipinski definition) is 2. The summed E-state index contributed by atoms with van der Waals surface area (Å²) in [6.45, 7) is 0. The first-order valence-electron chi connectivity index (χ1n) is 8.94. The molecule has 1 atom stereocenters. The minimum absolute atomic E-state index is 0.00820. The van der Waals surface area contributed by atoms with E-state index in [1.165, 1.54) is 23.5 Å². The lowest BCUT2D eigenvalue weighted by molar-refractivity contribution is -0.116. The van der Waals surface area contributed by atoms with Gasteiger partial charge in [0.1, 0.15) is 5.82 Å². The summed E-state index contributed by atoms with van der Waals surface area (Å²) >= 11 is 1.50. The molecule has 1 aromatic heterocycles. The topological polar surface area (TPSA) is 130 Å². The van der Waals surface area contributed by atoms with Gasteiger partial charge in [-0.25, -0.2) is 13.6 Å². The summed E-state index contributed by atoms with van der Waals surface area (Å²) < 4.78 is 23.1. The van der Waals surface area contributed by atoms with Crippen molar-refractivity contribution < 1.29 is 13.2 Å². The predicted molar refractivity (Wildman–Crippen MR) is 110 cm³/mol. The Morgan fingerprint density at radius 2 is 1.90 bits per heavy atom. The molecule has 0 fully saturated rings. The van der Waals surface area contributed by atoms with E-state index in [1.54, 1.807) is 17.0 Å². The number of nitrogens with two attached hydrogens (primary N) is 2. The summed E-state index contributed by atoms with van der Waals surface area (Å²) in [5.74, 6) is -0.219. The van der Waals surface area contributed by atoms with Gasteiger partial charge >= 0.3 is 0 Å². The van der Waals surface area contributed by atoms with Gasteiger partial charge in [0.05, 0.1) is 22.5 Å². The number of hydrogen-bond acceptors (Lipinski definition) is 7. The molecule has 0 radical (unpaired) electrons. The van der Waals surface area contributed by atoms with Crippen LogP contribution in [0.5, 0.6) is 0 Å². The Bertz CT molecular complexity index is 1190. The summed E-state index contributed by atoms with van der Waals surface area (Å²) in [7, 11) is -3.83. The van der Waals surface area contributed by atoms with Gasteiger partial charge in [0.2, 0.25) is 10.0 Å². The quantitative estimate of drug-likeness (QED) is 0.776. The smallest absolute Gasteiger partial charge is 0.238 e. The highest BCUT2D eigenvalue weighted by atomic mass is 32.2. The monoisotopic (exact) mass is 426 g/mol. The van der Waals surface area contributed by atoms with E-state index in [2.05, 4.69) is 6.07 Å². The molecule has 0 bridgehead atoms. The van der Waals surface area contributed by atoms with E-state index in [0.29, 0.717) is 36.1 Å². The number of Topliss-reactive ketones (excluding diaryl/α,β-unsaturated/α-hetero) is 1. The minimum Gasteiger partial charge on any atom is -0.384 e. The van der Waals surface area contributed by atoms with Gasteiger partial charge in [-0.05, 0) is 59.5 Å². The fourth-order valence-corrected chi connectivity index (χ4v) is 5.14. The SMILES string of the molecule is N#CC1=C(N)N(c2ccc(S(N)(=O)=O)cc2)C2=C(C(=O)CCC2)[C@H]1c1ccsc1. The van der Waals surface area contributed by atoms with Crippen LogP contribution in [-0.4, -0.2) is 14.2 Å². The number of sulfonamides is 1. The number of rotatable bonds is 3. The highest BCUT2D eigenvalue weighted by Gasteiger charge is 2.40. The number of benzene rings is 1. The van der Waals surface area contributed by atoms with Crippen LogP contribution in [0.2, 0.25) is 0 Å². The maximum atomic E-state index is 12.9. The zero-order chi connectivity index (χ0) is 20.8. The standard InChI is InChI=1S/C20H18N4O3S2/c21-10-15-18(12-8-9-28-11-12)19-16(2-1-3-17(19)25)24(20(15)22)13-4-6-14(7-5-13)29(23,26)27/h4-9,11,18H,1-3,22H2,(H2,23,26,27)/t18-/m0/s1. The van der Waals surface area contributed by atoms with Crippen molar-refractivity contribution in [3.05, 3.63) is 69.3 Å². The van der Waals surface area contributed by atoms with Crippen molar-refractivity contribution in [2.75, 3.05) is 4.90 Å². The number of thiophene rings is 1. The lowest BCUT2D eigenvalue weighted by atomic mass is 9.76. The van der Waals surface area contributed by atoms with Gasteiger partial charge in [-0.3, -0.25) is 9.69 Å². The molecule has 0 unspecified atom stereocenters. The van der Waals surface area contributed by atoms with E-state index in [9.17, 15) is 18.5 Å². The summed E-state index contributed by atoms with van der Waals surface area (Å²) in [4.78, 5) is 14.6. The maximum Gasteiger partial charge on any atom is 0.238 e. The summed E-state index contributed by atoms with van der Waals surface area (Å²) in [5.41, 5.74) is 9.56. The molecule has 1 aliphatic heterocycles. The highest BCUT2D eigenvalue weighted by molar-refractivity contribution is 7.89. The van der Waals surface area contributed by atoms with E-state index in [4.69, 9.17) is 10.9 Å². The number of carbonyl (C=O) groups is 1. The van der Waals surface area contributed by atoms with Crippen LogP contribution < -0.4 is 15.8 Å². The van der Waals surface area contributed by atoms with Crippen LogP contribution in [0.3, 0.4) is 0 Å². The first-order valence-corrected chi connectivity index (χ1v) is 11.4. The largest absolute Gasteiger partial charge is 0.384 e. The Kier molecular flexibility index (Phi) is 4.78. The Labute approximate surface area is 172 Å². The van der Waals surface area contributed by atoms with Gasteiger partial charge in [-0.2, -0.15) is 16.6 Å². The van der Waals surface area contributed by atoms with E-state index < -0.39 is 15.9 Å². The Morgan fingerprint density at radius 3 is 2.48 bits per heavy atom. The Hall–Kier alpha value is -2.93. The number of nitriles is 1. The molecule has 1 aromatic carbocycles. The molecule has 2 heterocycles. The lowest BCUT2D eigenvalue weighted by Gasteiger charge is -2.39. The summed E-state index contributed by atoms with van der Waals surface area (Å²) in [6.07, 6.45) is 1.75. The molecule has 4 N–H and O–H groups in total. The van der Waals surface area contributed by atoms with E-state index in [1.807, 2.05) is 16.8 Å². The zero-order valence-corrected chi connectivity index (χ0v) is 17.0. The van der Waals surface area contributed by atoms with Crippen molar-refractivity contribution in [3.63, 3.8) is 0 Å². The van der Waals surface area contributed by atoms with Crippen molar-refractivity contribution in [2.24, 2.45) is 10.9 Å². The molecular formula is C20H18N4O3S2. The molecule has 2 aromatic rings. The van der Waals surface area contributed by atoms with E-state index in [0.717, 1.165) is 11.3 Å². The number of nitrogens with zero attached hydrogens (tertiary/aromatic N) is 2. The third kappa shape index (κ3) is 3.25. The van der Waals surface area contributed by atoms with Crippen molar-refractivity contribution >= 4 is 32.8 Å². The Balaban J connectivity index is 1.91. The molecule has 0 saturated heterocycles. The fraction of sp³-hybridized carbons (Fsp3) is 0.200. The van der Waals surface area contributed by atoms with Gasteiger partial charge in [0, 0.05) is 23.4 Å². The van der Waals surface area contributed by atoms with Crippen LogP contribution in [0, 0.1) is 11.3 Å². The second kappa shape index (κ2) is 7.15. The molecule has 4 rings (SSSR count). The predicted octanol–water partition coefficient (Wildman–Crippen LogP) is 2.70. The molecular weight excluding hydrogens is 408 g/mol. The number of ketones is 1. The van der Waals surface area contributed by atoms with E-state index in [-0.39, 0.29) is 16.5 Å². The number of carbonyl (C=O) groups excluding carboxylic acids is 1. The van der Waals surface area contributed by atoms with Crippen LogP contribution in [0.25, 0.3) is 0 Å². The Morgan fingerprint density at radius 1 is 1.17 bits per heavy atom. The van der Waals surface area contributed by atoms with Crippen LogP contribution >= 0.6 is 11.3 Å². The molecule has 1 aliphatic carbocycles. The molecule has 9 heteroatoms. The van der Waals surface area contributed by atoms with Crippen LogP contribution in [0.1, 0.15) is 30.7 Å². The number of allylic oxidation sites excluding steroid dienone is 3. The van der Waals surface area contributed by atoms with Gasteiger partial charge in [0.15, 0.2) is 5.78 Å². The minimum atomic E-state index is -3.83. The molecule has 0 amide bonds. The first kappa shape index (κ1) is 19.4. The van der Waals surface area contributed by atoms with Crippen LogP contribution in [0.4, 0.5) is 5.69 Å². The molecule has 29 heavy (non-hydrogen) atoms. The maximum absolute atomic E-state index is 12.9. The third-order valence-electron chi connectivity index (χ3n) is 5.21. The molecule has 2 aliphatic rings. The van der Waals surface area contributed by atoms with Gasteiger partial charge in [0.25, 0.3) is 0 Å². The van der Waals surface area contributed by atoms with Gasteiger partial charge in [-0.1, -0.05) is 0 Å². The number of anilines is 1. The molecule has 7 nitrogen and oxygen atoms in total. The normalized spacial score (nSPS) is 19.9. The van der Waals surface area contributed by atoms with Crippen LogP contribution in [-0.2, 0) is 14.8 Å². The van der Waals surface area contributed by atoms with Crippen molar-refractivity contribution in [2.45, 2.75) is 30.1 Å². The number of primary sulfonamides is 1. The second-order valence-corrected chi connectivity index (χ2v) is 9.25. The summed E-state index contributed by atoms with van der Waals surface area (Å²) in [6, 6.07) is 10.0. The first-order chi connectivity index (χ1) is 13.8. The van der Waals surface area contributed by atoms with Crippen molar-refractivity contribution in [1.82, 2.24) is 0 Å². The van der Waals surface area contributed by atoms with E-state index >= 15 is 0 Å². The van der Waals surface area contributed by atoms with Crippen molar-refractivity contribution in [1.29, 1.82) is 5.26 Å². The zero-order valence-electron chi connectivity index (χ0n) is 15.3. The van der Waals surface area contributed by atoms with Crippen LogP contribution in [0.15, 0.2) is 68.7 Å². The average molecular weight is 427 g/mol. The summed E-state index contributed by atoms with van der Waals surface area (Å²) in [5, 5.41) is 18.9. The van der Waals surface area contributed by atoms with Gasteiger partial charge in [-0.15, -0.1) is 0 Å². The average Bonchev–Trinajstić information content (AvgIpc) is 3.21. The lowest BCUT2D eigenvalue weighted by Crippen LogP contribution is -2.38. The van der Waals surface area contributed by atoms with Crippen molar-refractivity contribution in [3.8, 4) is 6.07 Å². The highest BCUT2D eigenvalue weighted by Crippen LogP contribution is 2.46. The molecule has 0 spiro atoms. The third-order valence-corrected chi connectivity index (χ3v) is 6.84.